The van der Waals surface area contributed by atoms with E-state index >= 15 is 0 Å². The van der Waals surface area contributed by atoms with Crippen molar-refractivity contribution in [2.24, 2.45) is 0 Å². The first-order chi connectivity index (χ1) is 14.5. The van der Waals surface area contributed by atoms with Gasteiger partial charge < -0.3 is 20.4 Å². The summed E-state index contributed by atoms with van der Waals surface area (Å²) in [7, 11) is 3.77. The number of nitrogens with one attached hydrogen (secondary N) is 2. The average Bonchev–Trinajstić information content (AvgIpc) is 3.16. The van der Waals surface area contributed by atoms with Crippen molar-refractivity contribution in [3.63, 3.8) is 0 Å². The van der Waals surface area contributed by atoms with Crippen LogP contribution in [0.1, 0.15) is 31.0 Å². The summed E-state index contributed by atoms with van der Waals surface area (Å²) in [4.78, 5) is 25.5. The van der Waals surface area contributed by atoms with Gasteiger partial charge in [-0.2, -0.15) is 10.2 Å². The maximum Gasteiger partial charge on any atom is 0.234 e. The lowest BCUT2D eigenvalue weighted by atomic mass is 10.2. The first-order valence-electron chi connectivity index (χ1n) is 10.3. The van der Waals surface area contributed by atoms with Crippen LogP contribution in [-0.2, 0) is 11.2 Å². The van der Waals surface area contributed by atoms with Gasteiger partial charge in [0.1, 0.15) is 5.82 Å². The summed E-state index contributed by atoms with van der Waals surface area (Å²) in [6.45, 7) is 4.07. The summed E-state index contributed by atoms with van der Waals surface area (Å²) >= 11 is 0. The number of amides is 1. The van der Waals surface area contributed by atoms with E-state index in [4.69, 9.17) is 10.2 Å². The number of likely N-dealkylation sites (N-methyl/N-ethyl adjacent to an activating group) is 1. The van der Waals surface area contributed by atoms with Crippen LogP contribution in [0.2, 0.25) is 0 Å². The molecule has 2 aromatic rings. The van der Waals surface area contributed by atoms with Crippen LogP contribution in [0.25, 0.3) is 0 Å². The van der Waals surface area contributed by atoms with E-state index in [1.54, 1.807) is 12.1 Å². The molecule has 1 amide bonds. The van der Waals surface area contributed by atoms with Crippen LogP contribution in [0.5, 0.6) is 0 Å². The molecule has 1 aromatic carbocycles. The number of aromatic nitrogens is 2. The minimum absolute atomic E-state index is 0.0425. The van der Waals surface area contributed by atoms with Gasteiger partial charge in [0.2, 0.25) is 11.9 Å². The maximum atomic E-state index is 12.1. The highest BCUT2D eigenvalue weighted by atomic mass is 16.2. The predicted octanol–water partition coefficient (Wildman–Crippen LogP) is 2.30. The van der Waals surface area contributed by atoms with Crippen LogP contribution in [0.4, 0.5) is 17.5 Å². The molecular weight excluding hydrogens is 378 g/mol. The second-order valence-electron chi connectivity index (χ2n) is 7.85. The van der Waals surface area contributed by atoms with Crippen molar-refractivity contribution in [3.05, 3.63) is 41.6 Å². The highest BCUT2D eigenvalue weighted by Crippen LogP contribution is 2.23. The Kier molecular flexibility index (Phi) is 7.20. The van der Waals surface area contributed by atoms with Gasteiger partial charge in [0.15, 0.2) is 0 Å². The molecule has 1 aliphatic heterocycles. The largest absolute Gasteiger partial charge is 0.354 e. The van der Waals surface area contributed by atoms with Gasteiger partial charge in [-0.25, -0.2) is 4.98 Å². The Hall–Kier alpha value is -3.18. The maximum absolute atomic E-state index is 12.1. The number of anilines is 3. The fourth-order valence-corrected chi connectivity index (χ4v) is 3.53. The van der Waals surface area contributed by atoms with E-state index in [2.05, 4.69) is 33.5 Å². The molecule has 2 heterocycles. The number of hydrogen-bond donors (Lipinski definition) is 2. The van der Waals surface area contributed by atoms with Gasteiger partial charge in [-0.1, -0.05) is 19.4 Å². The Balaban J connectivity index is 1.74. The summed E-state index contributed by atoms with van der Waals surface area (Å²) in [5, 5.41) is 15.5. The van der Waals surface area contributed by atoms with Crippen molar-refractivity contribution >= 4 is 23.4 Å². The van der Waals surface area contributed by atoms with E-state index in [1.165, 1.54) is 0 Å². The number of carbonyl (C=O) groups is 1. The van der Waals surface area contributed by atoms with Crippen molar-refractivity contribution in [2.75, 3.05) is 43.9 Å². The van der Waals surface area contributed by atoms with Gasteiger partial charge in [0, 0.05) is 36.6 Å². The molecule has 0 aliphatic carbocycles. The van der Waals surface area contributed by atoms with Crippen molar-refractivity contribution in [3.8, 4) is 6.07 Å². The van der Waals surface area contributed by atoms with Crippen LogP contribution in [-0.4, -0.2) is 60.5 Å². The normalized spacial score (nSPS) is 15.8. The van der Waals surface area contributed by atoms with E-state index in [-0.39, 0.29) is 11.9 Å². The monoisotopic (exact) mass is 407 g/mol. The lowest BCUT2D eigenvalue weighted by Crippen LogP contribution is -2.41. The number of nitriles is 1. The lowest BCUT2D eigenvalue weighted by molar-refractivity contribution is -0.122. The Labute approximate surface area is 177 Å². The molecule has 1 atom stereocenters. The second kappa shape index (κ2) is 10.0. The van der Waals surface area contributed by atoms with E-state index in [9.17, 15) is 4.79 Å². The third-order valence-electron chi connectivity index (χ3n) is 4.86. The quantitative estimate of drug-likeness (QED) is 0.693. The number of benzene rings is 1. The number of carbonyl (C=O) groups excluding carboxylic acids is 1. The van der Waals surface area contributed by atoms with Crippen molar-refractivity contribution in [2.45, 2.75) is 32.2 Å². The van der Waals surface area contributed by atoms with Crippen LogP contribution in [0.15, 0.2) is 30.3 Å². The number of hydrogen-bond acceptors (Lipinski definition) is 7. The predicted molar refractivity (Wildman–Crippen MR) is 118 cm³/mol. The molecule has 0 saturated carbocycles. The molecule has 8 nitrogen and oxygen atoms in total. The molecule has 30 heavy (non-hydrogen) atoms. The van der Waals surface area contributed by atoms with Crippen molar-refractivity contribution in [1.29, 1.82) is 5.26 Å². The first kappa shape index (κ1) is 21.5. The van der Waals surface area contributed by atoms with E-state index in [0.29, 0.717) is 18.1 Å². The van der Waals surface area contributed by atoms with E-state index in [0.717, 1.165) is 49.6 Å². The van der Waals surface area contributed by atoms with Gasteiger partial charge in [0.05, 0.1) is 18.2 Å². The molecule has 1 aliphatic rings. The number of nitrogens with zero attached hydrogens (tertiary/aromatic N) is 5. The highest BCUT2D eigenvalue weighted by Gasteiger charge is 2.25. The Morgan fingerprint density at radius 3 is 2.90 bits per heavy atom. The third-order valence-corrected chi connectivity index (χ3v) is 4.86. The Morgan fingerprint density at radius 1 is 1.33 bits per heavy atom. The Morgan fingerprint density at radius 2 is 2.17 bits per heavy atom. The highest BCUT2D eigenvalue weighted by molar-refractivity contribution is 5.78. The smallest absolute Gasteiger partial charge is 0.234 e. The summed E-state index contributed by atoms with van der Waals surface area (Å²) in [5.74, 6) is 1.42. The zero-order valence-electron chi connectivity index (χ0n) is 17.9. The number of rotatable bonds is 8. The van der Waals surface area contributed by atoms with E-state index < -0.39 is 0 Å². The molecule has 1 fully saturated rings. The minimum Gasteiger partial charge on any atom is -0.354 e. The lowest BCUT2D eigenvalue weighted by Gasteiger charge is -2.20. The van der Waals surface area contributed by atoms with Crippen LogP contribution in [0.3, 0.4) is 0 Å². The van der Waals surface area contributed by atoms with Crippen molar-refractivity contribution < 1.29 is 4.79 Å². The molecule has 1 unspecified atom stereocenters. The zero-order chi connectivity index (χ0) is 21.5. The van der Waals surface area contributed by atoms with Gasteiger partial charge in [-0.3, -0.25) is 4.79 Å². The molecule has 3 rings (SSSR count). The Bertz CT molecular complexity index is 922. The molecule has 8 heteroatoms. The second-order valence-corrected chi connectivity index (χ2v) is 7.85. The molecule has 0 bridgehead atoms. The minimum atomic E-state index is 0.0425. The average molecular weight is 408 g/mol. The molecule has 1 aromatic heterocycles. The molecular formula is C22H29N7O. The molecule has 158 valence electrons. The first-order valence-corrected chi connectivity index (χ1v) is 10.3. The SMILES string of the molecule is CCCc1cc(N2CCC(NC(=O)CN(C)C)C2)nc(Nc2cccc(C#N)c2)n1. The van der Waals surface area contributed by atoms with Gasteiger partial charge >= 0.3 is 0 Å². The number of aryl methyl sites for hydroxylation is 1. The fraction of sp³-hybridized carbons (Fsp3) is 0.455. The van der Waals surface area contributed by atoms with Gasteiger partial charge in [-0.15, -0.1) is 0 Å². The van der Waals surface area contributed by atoms with Gasteiger partial charge in [-0.05, 0) is 45.1 Å². The molecule has 0 spiro atoms. The zero-order valence-corrected chi connectivity index (χ0v) is 17.9. The van der Waals surface area contributed by atoms with Gasteiger partial charge in [0.25, 0.3) is 0 Å². The summed E-state index contributed by atoms with van der Waals surface area (Å²) in [5.41, 5.74) is 2.34. The summed E-state index contributed by atoms with van der Waals surface area (Å²) in [6.07, 6.45) is 2.74. The summed E-state index contributed by atoms with van der Waals surface area (Å²) in [6, 6.07) is 11.6. The summed E-state index contributed by atoms with van der Waals surface area (Å²) < 4.78 is 0. The standard InChI is InChI=1S/C22H29N7O/c1-4-6-17-12-20(29-10-9-19(14-29)24-21(30)15-28(2)3)27-22(25-17)26-18-8-5-7-16(11-18)13-23/h5,7-8,11-12,19H,4,6,9-10,14-15H2,1-3H3,(H,24,30)(H,25,26,27). The van der Waals surface area contributed by atoms with Crippen LogP contribution >= 0.6 is 0 Å². The molecule has 2 N–H and O–H groups in total. The van der Waals surface area contributed by atoms with E-state index in [1.807, 2.05) is 37.2 Å². The topological polar surface area (TPSA) is 97.2 Å². The van der Waals surface area contributed by atoms with Crippen LogP contribution in [0, 0.1) is 11.3 Å². The molecule has 0 radical (unpaired) electrons. The van der Waals surface area contributed by atoms with Crippen LogP contribution < -0.4 is 15.5 Å². The fourth-order valence-electron chi connectivity index (χ4n) is 3.53. The third kappa shape index (κ3) is 5.91. The molecule has 1 saturated heterocycles. The van der Waals surface area contributed by atoms with Crippen molar-refractivity contribution in [1.82, 2.24) is 20.2 Å².